The van der Waals surface area contributed by atoms with Crippen LogP contribution in [0.2, 0.25) is 0 Å². The van der Waals surface area contributed by atoms with Gasteiger partial charge in [0.25, 0.3) is 0 Å². The Morgan fingerprint density at radius 2 is 1.11 bits per heavy atom. The molecule has 1 N–H and O–H groups in total. The van der Waals surface area contributed by atoms with E-state index < -0.39 is 0 Å². The molecule has 0 saturated heterocycles. The smallest absolute Gasteiger partial charge is 0.0167 e. The van der Waals surface area contributed by atoms with Crippen molar-refractivity contribution in [2.75, 3.05) is 14.1 Å². The molecular formula is C8H21N. The van der Waals surface area contributed by atoms with E-state index in [1.807, 2.05) is 14.1 Å². The van der Waals surface area contributed by atoms with Crippen molar-refractivity contribution in [1.29, 1.82) is 0 Å². The van der Waals surface area contributed by atoms with E-state index in [9.17, 15) is 0 Å². The summed E-state index contributed by atoms with van der Waals surface area (Å²) in [5.41, 5.74) is 0. The van der Waals surface area contributed by atoms with Crippen molar-refractivity contribution < 1.29 is 0 Å². The molecule has 0 aliphatic carbocycles. The zero-order valence-corrected chi connectivity index (χ0v) is 7.33. The molecule has 0 aromatic rings. The van der Waals surface area contributed by atoms with Gasteiger partial charge in [-0.2, -0.15) is 0 Å². The lowest BCUT2D eigenvalue weighted by molar-refractivity contribution is 0.702. The van der Waals surface area contributed by atoms with Crippen LogP contribution in [-0.4, -0.2) is 14.1 Å². The molecule has 0 rings (SSSR count). The molecule has 1 heteroatoms. The van der Waals surface area contributed by atoms with Crippen LogP contribution in [0.15, 0.2) is 0 Å². The number of rotatable bonds is 3. The first-order valence-corrected chi connectivity index (χ1v) is 3.91. The highest BCUT2D eigenvalue weighted by atomic mass is 14.7. The summed E-state index contributed by atoms with van der Waals surface area (Å²) in [6.45, 7) is 4.46. The number of unbranched alkanes of at least 4 members (excludes halogenated alkanes) is 3. The molecule has 0 spiro atoms. The van der Waals surface area contributed by atoms with Crippen LogP contribution in [0.5, 0.6) is 0 Å². The van der Waals surface area contributed by atoms with Gasteiger partial charge in [0.1, 0.15) is 0 Å². The van der Waals surface area contributed by atoms with Gasteiger partial charge in [0.2, 0.25) is 0 Å². The van der Waals surface area contributed by atoms with Gasteiger partial charge in [-0.25, -0.2) is 0 Å². The molecule has 9 heavy (non-hydrogen) atoms. The zero-order chi connectivity index (χ0) is 7.54. The molecule has 0 amide bonds. The Bertz CT molecular complexity index is 23.7. The van der Waals surface area contributed by atoms with Crippen LogP contribution in [0.1, 0.15) is 39.5 Å². The second kappa shape index (κ2) is 15.7. The molecule has 0 aromatic heterocycles. The molecule has 0 radical (unpaired) electrons. The molecule has 0 fully saturated rings. The van der Waals surface area contributed by atoms with Crippen LogP contribution in [0.4, 0.5) is 0 Å². The molecule has 0 bridgehead atoms. The first-order valence-electron chi connectivity index (χ1n) is 3.91. The Balaban J connectivity index is 0. The summed E-state index contributed by atoms with van der Waals surface area (Å²) in [5.74, 6) is 0. The highest BCUT2D eigenvalue weighted by molar-refractivity contribution is 4.31. The maximum absolute atomic E-state index is 2.75. The maximum Gasteiger partial charge on any atom is -0.0167 e. The van der Waals surface area contributed by atoms with Gasteiger partial charge in [0, 0.05) is 0 Å². The quantitative estimate of drug-likeness (QED) is 0.580. The SMILES string of the molecule is CCCCCC.CNC. The van der Waals surface area contributed by atoms with Gasteiger partial charge in [-0.05, 0) is 14.1 Å². The molecule has 0 saturated carbocycles. The Labute approximate surface area is 59.8 Å². The van der Waals surface area contributed by atoms with Gasteiger partial charge in [-0.1, -0.05) is 39.5 Å². The number of hydrogen-bond donors (Lipinski definition) is 1. The summed E-state index contributed by atoms with van der Waals surface area (Å²) in [6.07, 6.45) is 5.54. The van der Waals surface area contributed by atoms with Crippen LogP contribution in [0, 0.1) is 0 Å². The van der Waals surface area contributed by atoms with Gasteiger partial charge in [0.05, 0.1) is 0 Å². The van der Waals surface area contributed by atoms with Crippen LogP contribution in [-0.2, 0) is 0 Å². The van der Waals surface area contributed by atoms with Gasteiger partial charge in [0.15, 0.2) is 0 Å². The van der Waals surface area contributed by atoms with Gasteiger partial charge < -0.3 is 5.32 Å². The van der Waals surface area contributed by atoms with Crippen LogP contribution in [0.3, 0.4) is 0 Å². The lowest BCUT2D eigenvalue weighted by Gasteiger charge is -1.86. The minimum absolute atomic E-state index is 1.36. The van der Waals surface area contributed by atoms with Crippen molar-refractivity contribution in [2.24, 2.45) is 0 Å². The Morgan fingerprint density at radius 1 is 0.889 bits per heavy atom. The first kappa shape index (κ1) is 11.7. The summed E-state index contributed by atoms with van der Waals surface area (Å²) >= 11 is 0. The summed E-state index contributed by atoms with van der Waals surface area (Å²) in [5, 5.41) is 2.75. The Morgan fingerprint density at radius 3 is 1.22 bits per heavy atom. The van der Waals surface area contributed by atoms with E-state index in [0.717, 1.165) is 0 Å². The lowest BCUT2D eigenvalue weighted by Crippen LogP contribution is -1.89. The molecule has 0 aromatic carbocycles. The van der Waals surface area contributed by atoms with E-state index in [1.54, 1.807) is 0 Å². The fourth-order valence-corrected chi connectivity index (χ4v) is 0.500. The van der Waals surface area contributed by atoms with Crippen LogP contribution in [0.25, 0.3) is 0 Å². The second-order valence-electron chi connectivity index (χ2n) is 2.21. The molecule has 0 aliphatic heterocycles. The van der Waals surface area contributed by atoms with Gasteiger partial charge in [-0.3, -0.25) is 0 Å². The van der Waals surface area contributed by atoms with Crippen LogP contribution >= 0.6 is 0 Å². The predicted molar refractivity (Wildman–Crippen MR) is 44.8 cm³/mol. The maximum atomic E-state index is 2.75. The van der Waals surface area contributed by atoms with E-state index in [2.05, 4.69) is 19.2 Å². The monoisotopic (exact) mass is 131 g/mol. The van der Waals surface area contributed by atoms with E-state index in [-0.39, 0.29) is 0 Å². The van der Waals surface area contributed by atoms with Crippen molar-refractivity contribution in [1.82, 2.24) is 5.32 Å². The van der Waals surface area contributed by atoms with Gasteiger partial charge >= 0.3 is 0 Å². The summed E-state index contributed by atoms with van der Waals surface area (Å²) in [4.78, 5) is 0. The first-order chi connectivity index (χ1) is 4.33. The normalized spacial score (nSPS) is 8.00. The molecule has 0 unspecified atom stereocenters. The van der Waals surface area contributed by atoms with E-state index in [4.69, 9.17) is 0 Å². The van der Waals surface area contributed by atoms with Crippen molar-refractivity contribution in [2.45, 2.75) is 39.5 Å². The average Bonchev–Trinajstić information content (AvgIpc) is 1.86. The Kier molecular flexibility index (Phi) is 20.4. The largest absolute Gasteiger partial charge is 0.323 e. The molecule has 58 valence electrons. The third-order valence-electron chi connectivity index (χ3n) is 0.957. The van der Waals surface area contributed by atoms with E-state index in [1.165, 1.54) is 25.7 Å². The molecule has 0 atom stereocenters. The standard InChI is InChI=1S/C6H14.C2H7N/c1-3-5-6-4-2;1-3-2/h3-6H2,1-2H3;3H,1-2H3. The topological polar surface area (TPSA) is 12.0 Å². The van der Waals surface area contributed by atoms with Crippen molar-refractivity contribution in [3.63, 3.8) is 0 Å². The van der Waals surface area contributed by atoms with Crippen molar-refractivity contribution >= 4 is 0 Å². The zero-order valence-electron chi connectivity index (χ0n) is 7.33. The predicted octanol–water partition coefficient (Wildman–Crippen LogP) is 2.42. The fraction of sp³-hybridized carbons (Fsp3) is 1.00. The fourth-order valence-electron chi connectivity index (χ4n) is 0.500. The minimum Gasteiger partial charge on any atom is -0.323 e. The Hall–Kier alpha value is -0.0400. The van der Waals surface area contributed by atoms with Crippen molar-refractivity contribution in [3.05, 3.63) is 0 Å². The highest BCUT2D eigenvalue weighted by Crippen LogP contribution is 1.95. The average molecular weight is 131 g/mol. The lowest BCUT2D eigenvalue weighted by atomic mass is 10.2. The number of hydrogen-bond acceptors (Lipinski definition) is 1. The summed E-state index contributed by atoms with van der Waals surface area (Å²) < 4.78 is 0. The highest BCUT2D eigenvalue weighted by Gasteiger charge is 1.75. The van der Waals surface area contributed by atoms with Crippen LogP contribution < -0.4 is 5.32 Å². The molecule has 0 heterocycles. The molecular weight excluding hydrogens is 110 g/mol. The van der Waals surface area contributed by atoms with Crippen molar-refractivity contribution in [3.8, 4) is 0 Å². The third kappa shape index (κ3) is 32.3. The molecule has 1 nitrogen and oxygen atoms in total. The molecule has 0 aliphatic rings. The van der Waals surface area contributed by atoms with E-state index >= 15 is 0 Å². The van der Waals surface area contributed by atoms with Gasteiger partial charge in [-0.15, -0.1) is 0 Å². The van der Waals surface area contributed by atoms with E-state index in [0.29, 0.717) is 0 Å². The minimum atomic E-state index is 1.36. The third-order valence-corrected chi connectivity index (χ3v) is 0.957. The summed E-state index contributed by atoms with van der Waals surface area (Å²) in [6, 6.07) is 0. The number of nitrogens with one attached hydrogen (secondary N) is 1. The summed E-state index contributed by atoms with van der Waals surface area (Å²) in [7, 11) is 3.75. The second-order valence-corrected chi connectivity index (χ2v) is 2.21.